The first kappa shape index (κ1) is 17.7. The normalized spacial score (nSPS) is 15.8. The van der Waals surface area contributed by atoms with Crippen LogP contribution in [-0.4, -0.2) is 17.3 Å². The van der Waals surface area contributed by atoms with Crippen molar-refractivity contribution < 1.29 is 13.2 Å². The number of aromatic nitrogens is 1. The molecule has 0 saturated carbocycles. The van der Waals surface area contributed by atoms with Crippen LogP contribution in [0.15, 0.2) is 65.5 Å². The van der Waals surface area contributed by atoms with E-state index in [1.54, 1.807) is 34.0 Å². The van der Waals surface area contributed by atoms with Crippen LogP contribution in [0.4, 0.5) is 18.9 Å². The Kier molecular flexibility index (Phi) is 4.69. The molecule has 0 saturated heterocycles. The molecule has 0 amide bonds. The number of benzene rings is 1. The smallest absolute Gasteiger partial charge is 0.322 e. The molecule has 0 bridgehead atoms. The molecule has 2 nitrogen and oxygen atoms in total. The Labute approximate surface area is 149 Å². The fourth-order valence-corrected chi connectivity index (χ4v) is 3.13. The van der Waals surface area contributed by atoms with Gasteiger partial charge in [-0.3, -0.25) is 0 Å². The summed E-state index contributed by atoms with van der Waals surface area (Å²) in [6, 6.07) is 11.2. The van der Waals surface area contributed by atoms with Crippen LogP contribution < -0.4 is 4.90 Å². The lowest BCUT2D eigenvalue weighted by Gasteiger charge is -2.33. The van der Waals surface area contributed by atoms with Gasteiger partial charge in [0.1, 0.15) is 5.82 Å². The monoisotopic (exact) mass is 366 g/mol. The van der Waals surface area contributed by atoms with E-state index in [-0.39, 0.29) is 11.6 Å². The summed E-state index contributed by atoms with van der Waals surface area (Å²) in [7, 11) is 0. The van der Waals surface area contributed by atoms with Gasteiger partial charge >= 0.3 is 6.18 Å². The van der Waals surface area contributed by atoms with E-state index in [2.05, 4.69) is 13.8 Å². The van der Waals surface area contributed by atoms with Crippen LogP contribution in [0, 0.1) is 0 Å². The van der Waals surface area contributed by atoms with Crippen LogP contribution >= 0.6 is 11.6 Å². The molecule has 1 aromatic carbocycles. The molecule has 6 heteroatoms. The highest BCUT2D eigenvalue weighted by Crippen LogP contribution is 2.38. The van der Waals surface area contributed by atoms with Gasteiger partial charge in [0.15, 0.2) is 0 Å². The van der Waals surface area contributed by atoms with Crippen LogP contribution in [0.3, 0.4) is 0 Å². The van der Waals surface area contributed by atoms with Crippen LogP contribution in [0.5, 0.6) is 0 Å². The van der Waals surface area contributed by atoms with E-state index in [1.165, 1.54) is 0 Å². The molecule has 0 N–H and O–H groups in total. The van der Waals surface area contributed by atoms with Gasteiger partial charge in [-0.15, -0.1) is 0 Å². The van der Waals surface area contributed by atoms with Crippen molar-refractivity contribution in [2.24, 2.45) is 0 Å². The second-order valence-corrected chi connectivity index (χ2v) is 6.67. The highest BCUT2D eigenvalue weighted by Gasteiger charge is 2.38. The van der Waals surface area contributed by atoms with Gasteiger partial charge < -0.3 is 9.47 Å². The molecule has 0 aliphatic carbocycles. The average molecular weight is 367 g/mol. The molecule has 1 aliphatic heterocycles. The van der Waals surface area contributed by atoms with Gasteiger partial charge in [-0.05, 0) is 41.8 Å². The maximum Gasteiger partial charge on any atom is 0.414 e. The molecule has 25 heavy (non-hydrogen) atoms. The van der Waals surface area contributed by atoms with E-state index in [9.17, 15) is 13.2 Å². The fraction of sp³-hybridized carbons (Fsp3) is 0.263. The lowest BCUT2D eigenvalue weighted by Crippen LogP contribution is -2.34. The van der Waals surface area contributed by atoms with E-state index in [0.717, 1.165) is 11.6 Å². The molecule has 1 aliphatic rings. The average Bonchev–Trinajstić information content (AvgIpc) is 3.07. The molecular formula is C19H18ClF3N2. The number of rotatable bonds is 3. The first-order chi connectivity index (χ1) is 11.8. The van der Waals surface area contributed by atoms with Crippen molar-refractivity contribution in [2.75, 3.05) is 11.4 Å². The Morgan fingerprint density at radius 3 is 2.16 bits per heavy atom. The van der Waals surface area contributed by atoms with Gasteiger partial charge in [0.2, 0.25) is 0 Å². The summed E-state index contributed by atoms with van der Waals surface area (Å²) in [5.41, 5.74) is 1.13. The molecular weight excluding hydrogens is 349 g/mol. The number of nitrogens with zero attached hydrogens (tertiary/aromatic N) is 2. The van der Waals surface area contributed by atoms with E-state index in [1.807, 2.05) is 24.3 Å². The molecule has 3 rings (SSSR count). The lowest BCUT2D eigenvalue weighted by molar-refractivity contribution is -0.0923. The minimum Gasteiger partial charge on any atom is -0.322 e. The van der Waals surface area contributed by atoms with Crippen molar-refractivity contribution in [1.82, 2.24) is 4.57 Å². The van der Waals surface area contributed by atoms with Crippen molar-refractivity contribution >= 4 is 23.1 Å². The SMILES string of the molecule is CC(C)c1ccc(N2CC(C(F)(F)F)=CC(Cl)=C2n2cccc2)cc1. The topological polar surface area (TPSA) is 8.17 Å². The maximum atomic E-state index is 13.3. The van der Waals surface area contributed by atoms with E-state index in [4.69, 9.17) is 11.6 Å². The fourth-order valence-electron chi connectivity index (χ4n) is 2.80. The van der Waals surface area contributed by atoms with Crippen molar-refractivity contribution in [3.8, 4) is 0 Å². The summed E-state index contributed by atoms with van der Waals surface area (Å²) in [5, 5.41) is 0.0581. The largest absolute Gasteiger partial charge is 0.414 e. The third-order valence-corrected chi connectivity index (χ3v) is 4.46. The summed E-state index contributed by atoms with van der Waals surface area (Å²) in [5.74, 6) is 0.862. The third kappa shape index (κ3) is 3.61. The standard InChI is InChI=1S/C19H18ClF3N2/c1-13(2)14-5-7-16(8-6-14)25-12-15(19(21,22)23)11-17(20)18(25)24-9-3-4-10-24/h3-11,13H,12H2,1-2H3. The zero-order chi connectivity index (χ0) is 18.2. The molecule has 0 spiro atoms. The number of hydrogen-bond acceptors (Lipinski definition) is 1. The number of hydrogen-bond donors (Lipinski definition) is 0. The van der Waals surface area contributed by atoms with Gasteiger partial charge in [-0.25, -0.2) is 0 Å². The second kappa shape index (κ2) is 6.64. The summed E-state index contributed by atoms with van der Waals surface area (Å²) < 4.78 is 41.5. The molecule has 0 radical (unpaired) electrons. The van der Waals surface area contributed by atoms with Gasteiger partial charge in [0.25, 0.3) is 0 Å². The molecule has 2 aromatic rings. The molecule has 0 fully saturated rings. The van der Waals surface area contributed by atoms with Crippen molar-refractivity contribution in [3.05, 3.63) is 71.0 Å². The minimum absolute atomic E-state index is 0.0581. The molecule has 1 aromatic heterocycles. The molecule has 2 heterocycles. The summed E-state index contributed by atoms with van der Waals surface area (Å²) in [4.78, 5) is 1.59. The second-order valence-electron chi connectivity index (χ2n) is 6.26. The molecule has 0 unspecified atom stereocenters. The van der Waals surface area contributed by atoms with E-state index >= 15 is 0 Å². The molecule has 0 atom stereocenters. The highest BCUT2D eigenvalue weighted by atomic mass is 35.5. The summed E-state index contributed by atoms with van der Waals surface area (Å²) >= 11 is 6.24. The Hall–Kier alpha value is -2.14. The number of halogens is 4. The summed E-state index contributed by atoms with van der Waals surface area (Å²) in [6.07, 6.45) is 0.119. The highest BCUT2D eigenvalue weighted by molar-refractivity contribution is 6.34. The third-order valence-electron chi connectivity index (χ3n) is 4.18. The Morgan fingerprint density at radius 2 is 1.64 bits per heavy atom. The quantitative estimate of drug-likeness (QED) is 0.648. The zero-order valence-corrected chi connectivity index (χ0v) is 14.6. The predicted molar refractivity (Wildman–Crippen MR) is 95.5 cm³/mol. The van der Waals surface area contributed by atoms with Crippen LogP contribution in [0.1, 0.15) is 25.3 Å². The van der Waals surface area contributed by atoms with Crippen LogP contribution in [0.25, 0.3) is 5.82 Å². The van der Waals surface area contributed by atoms with Crippen molar-refractivity contribution in [2.45, 2.75) is 25.9 Å². The van der Waals surface area contributed by atoms with Crippen molar-refractivity contribution in [3.63, 3.8) is 0 Å². The van der Waals surface area contributed by atoms with Gasteiger partial charge in [0, 0.05) is 18.1 Å². The Balaban J connectivity index is 2.08. The van der Waals surface area contributed by atoms with E-state index < -0.39 is 11.7 Å². The van der Waals surface area contributed by atoms with Gasteiger partial charge in [-0.1, -0.05) is 37.6 Å². The Bertz CT molecular complexity index is 800. The summed E-state index contributed by atoms with van der Waals surface area (Å²) in [6.45, 7) is 3.86. The first-order valence-corrected chi connectivity index (χ1v) is 8.33. The van der Waals surface area contributed by atoms with Crippen molar-refractivity contribution in [1.29, 1.82) is 0 Å². The number of anilines is 1. The van der Waals surface area contributed by atoms with Gasteiger partial charge in [0.05, 0.1) is 17.2 Å². The Morgan fingerprint density at radius 1 is 1.04 bits per heavy atom. The maximum absolute atomic E-state index is 13.3. The lowest BCUT2D eigenvalue weighted by atomic mass is 10.0. The zero-order valence-electron chi connectivity index (χ0n) is 13.9. The predicted octanol–water partition coefficient (Wildman–Crippen LogP) is 5.99. The minimum atomic E-state index is -4.42. The van der Waals surface area contributed by atoms with Crippen LogP contribution in [0.2, 0.25) is 0 Å². The van der Waals surface area contributed by atoms with Gasteiger partial charge in [-0.2, -0.15) is 13.2 Å². The molecule has 132 valence electrons. The first-order valence-electron chi connectivity index (χ1n) is 7.96. The number of alkyl halides is 3. The number of allylic oxidation sites excluding steroid dienone is 2. The van der Waals surface area contributed by atoms with Crippen LogP contribution in [-0.2, 0) is 0 Å². The van der Waals surface area contributed by atoms with E-state index in [0.29, 0.717) is 17.4 Å².